The van der Waals surface area contributed by atoms with Crippen molar-refractivity contribution in [3.8, 4) is 55.6 Å². The van der Waals surface area contributed by atoms with Gasteiger partial charge in [-0.05, 0) is 246 Å². The second kappa shape index (κ2) is 20.7. The predicted molar refractivity (Wildman–Crippen MR) is 394 cm³/mol. The molecule has 3 aliphatic carbocycles. The van der Waals surface area contributed by atoms with E-state index in [0.717, 1.165) is 42.7 Å². The molecule has 0 atom stereocenters. The monoisotopic (exact) mass is 1190 g/mol. The lowest BCUT2D eigenvalue weighted by molar-refractivity contribution is 0.332. The van der Waals surface area contributed by atoms with Gasteiger partial charge in [-0.1, -0.05) is 221 Å². The first-order valence-corrected chi connectivity index (χ1v) is 33.8. The number of anilines is 8. The molecule has 11 aromatic carbocycles. The minimum atomic E-state index is -0.271. The molecular weight excluding hydrogens is 1110 g/mol. The van der Waals surface area contributed by atoms with Crippen molar-refractivity contribution >= 4 is 63.3 Å². The second-order valence-electron chi connectivity index (χ2n) is 30.7. The van der Waals surface area contributed by atoms with Crippen LogP contribution in [-0.2, 0) is 27.1 Å². The maximum atomic E-state index is 2.86. The number of aryl methyl sites for hydroxylation is 3. The van der Waals surface area contributed by atoms with Gasteiger partial charge in [-0.2, -0.15) is 0 Å². The molecule has 2 heterocycles. The van der Waals surface area contributed by atoms with Gasteiger partial charge in [0.25, 0.3) is 0 Å². The van der Waals surface area contributed by atoms with Crippen LogP contribution in [0.3, 0.4) is 0 Å². The highest BCUT2D eigenvalue weighted by Gasteiger charge is 2.51. The summed E-state index contributed by atoms with van der Waals surface area (Å²) < 4.78 is 0. The molecule has 3 nitrogen and oxygen atoms in total. The molecule has 0 radical (unpaired) electrons. The van der Waals surface area contributed by atoms with Gasteiger partial charge in [-0.25, -0.2) is 0 Å². The fourth-order valence-corrected chi connectivity index (χ4v) is 17.4. The van der Waals surface area contributed by atoms with Crippen molar-refractivity contribution in [1.29, 1.82) is 0 Å². The zero-order chi connectivity index (χ0) is 63.5. The van der Waals surface area contributed by atoms with E-state index in [1.54, 1.807) is 0 Å². The van der Waals surface area contributed by atoms with Crippen LogP contribution in [0.2, 0.25) is 0 Å². The summed E-state index contributed by atoms with van der Waals surface area (Å²) in [4.78, 5) is 8.11. The summed E-state index contributed by atoms with van der Waals surface area (Å²) in [5, 5.41) is 0. The number of nitrogens with zero attached hydrogens (tertiary/aromatic N) is 3. The Labute approximate surface area is 547 Å². The van der Waals surface area contributed by atoms with Crippen molar-refractivity contribution < 1.29 is 0 Å². The van der Waals surface area contributed by atoms with Gasteiger partial charge in [0, 0.05) is 62.0 Å². The van der Waals surface area contributed by atoms with Gasteiger partial charge in [-0.15, -0.1) is 0 Å². The summed E-state index contributed by atoms with van der Waals surface area (Å²) in [5.74, 6) is 0. The number of benzene rings is 11. The molecule has 0 N–H and O–H groups in total. The lowest BCUT2D eigenvalue weighted by atomic mass is 9.43. The normalized spacial score (nSPS) is 16.9. The fourth-order valence-electron chi connectivity index (χ4n) is 17.4. The Morgan fingerprint density at radius 3 is 1.52 bits per heavy atom. The van der Waals surface area contributed by atoms with Gasteiger partial charge in [0.1, 0.15) is 0 Å². The van der Waals surface area contributed by atoms with E-state index >= 15 is 0 Å². The van der Waals surface area contributed by atoms with Gasteiger partial charge in [0.15, 0.2) is 0 Å². The van der Waals surface area contributed by atoms with Crippen LogP contribution in [-0.4, -0.2) is 6.85 Å². The van der Waals surface area contributed by atoms with Crippen LogP contribution in [0.4, 0.5) is 45.5 Å². The maximum Gasteiger partial charge on any atom is 0.333 e. The van der Waals surface area contributed by atoms with Crippen molar-refractivity contribution in [3.63, 3.8) is 0 Å². The molecule has 0 saturated heterocycles. The molecule has 0 bridgehead atoms. The zero-order valence-electron chi connectivity index (χ0n) is 56.1. The highest BCUT2D eigenvalue weighted by atomic mass is 15.2. The summed E-state index contributed by atoms with van der Waals surface area (Å²) in [6.07, 6.45) is 4.57. The van der Waals surface area contributed by atoms with Crippen LogP contribution in [0, 0.1) is 20.8 Å². The summed E-state index contributed by atoms with van der Waals surface area (Å²) in [5.41, 5.74) is 36.9. The third kappa shape index (κ3) is 8.90. The standard InChI is InChI=1S/C88H84BN3/c1-55-25-20-21-35-67(55)62-50-70-68-39-41-72-80(69-36-22-26-56(2)81(69)88(72,12)13)83(68)92(66-37-40-71-74(52-66)86(8,9)44-43-84(71,4)5)89-76-53-65(38-42-77(76)91(79(51-62)82(70)89)78-54-75-73(47-57(78)3)85(6,7)45-46-87(75,10)11)90(63-33-23-31-60(48-63)58-27-16-14-17-28-58)64-34-24-32-61(49-64)59-29-18-15-19-30-59/h14-42,47-54H,43-46H2,1-13H3. The predicted octanol–water partition coefficient (Wildman–Crippen LogP) is 22.8. The lowest BCUT2D eigenvalue weighted by Gasteiger charge is -2.48. The molecule has 0 amide bonds. The van der Waals surface area contributed by atoms with E-state index in [0.29, 0.717) is 0 Å². The molecule has 92 heavy (non-hydrogen) atoms. The molecule has 0 saturated carbocycles. The molecule has 2 aliphatic heterocycles. The molecule has 11 aromatic rings. The number of hydrogen-bond acceptors (Lipinski definition) is 3. The van der Waals surface area contributed by atoms with E-state index in [1.165, 1.54) is 145 Å². The Morgan fingerprint density at radius 2 is 0.880 bits per heavy atom. The molecule has 16 rings (SSSR count). The number of fused-ring (bicyclic) bond motifs is 10. The highest BCUT2D eigenvalue weighted by molar-refractivity contribution is 6.94. The second-order valence-corrected chi connectivity index (χ2v) is 30.7. The molecule has 4 heteroatoms. The lowest BCUT2D eigenvalue weighted by Crippen LogP contribution is -2.62. The first-order valence-electron chi connectivity index (χ1n) is 33.8. The van der Waals surface area contributed by atoms with Crippen molar-refractivity contribution in [2.24, 2.45) is 0 Å². The van der Waals surface area contributed by atoms with Crippen molar-refractivity contribution in [2.75, 3.05) is 14.6 Å². The smallest absolute Gasteiger partial charge is 0.333 e. The van der Waals surface area contributed by atoms with Gasteiger partial charge in [-0.3, -0.25) is 0 Å². The van der Waals surface area contributed by atoms with Gasteiger partial charge in [0.05, 0.1) is 0 Å². The molecule has 454 valence electrons. The van der Waals surface area contributed by atoms with Crippen LogP contribution < -0.4 is 25.5 Å². The molecule has 5 aliphatic rings. The minimum absolute atomic E-state index is 0.0167. The van der Waals surface area contributed by atoms with E-state index in [4.69, 9.17) is 0 Å². The van der Waals surface area contributed by atoms with Crippen LogP contribution in [0.1, 0.15) is 145 Å². The first kappa shape index (κ1) is 58.0. The fraction of sp³-hybridized carbons (Fsp3) is 0.250. The quantitative estimate of drug-likeness (QED) is 0.140. The topological polar surface area (TPSA) is 9.72 Å². The number of rotatable bonds is 8. The minimum Gasteiger partial charge on any atom is -0.376 e. The molecule has 0 fully saturated rings. The van der Waals surface area contributed by atoms with Gasteiger partial charge >= 0.3 is 6.85 Å². The molecule has 0 unspecified atom stereocenters. The van der Waals surface area contributed by atoms with E-state index in [2.05, 4.69) is 329 Å². The Hall–Kier alpha value is -9.12. The Kier molecular flexibility index (Phi) is 13.0. The summed E-state index contributed by atoms with van der Waals surface area (Å²) >= 11 is 0. The highest BCUT2D eigenvalue weighted by Crippen LogP contribution is 2.60. The summed E-state index contributed by atoms with van der Waals surface area (Å²) in [6.45, 7) is 31.5. The van der Waals surface area contributed by atoms with Crippen molar-refractivity contribution in [1.82, 2.24) is 0 Å². The average Bonchev–Trinajstić information content (AvgIpc) is 1.16. The van der Waals surface area contributed by atoms with Crippen molar-refractivity contribution in [2.45, 2.75) is 143 Å². The van der Waals surface area contributed by atoms with Crippen molar-refractivity contribution in [3.05, 3.63) is 275 Å². The third-order valence-electron chi connectivity index (χ3n) is 22.7. The summed E-state index contributed by atoms with van der Waals surface area (Å²) in [7, 11) is 0. The Morgan fingerprint density at radius 1 is 0.348 bits per heavy atom. The van der Waals surface area contributed by atoms with E-state index < -0.39 is 0 Å². The van der Waals surface area contributed by atoms with Crippen LogP contribution in [0.5, 0.6) is 0 Å². The SMILES string of the molecule is Cc1ccccc1-c1cc2c3c(c1)N(c1cc4c(cc1C)C(C)(C)CCC4(C)C)c1ccc(N(c4cccc(-c5ccccc5)c4)c4cccc(-c5ccccc5)c4)cc1B3N(c1ccc3c(c1)C(C)(C)CCC3(C)C)c1c-2ccc2c1-c1cccc(C)c1C2(C)C. The zero-order valence-corrected chi connectivity index (χ0v) is 56.1. The Balaban J connectivity index is 1.06. The largest absolute Gasteiger partial charge is 0.376 e. The van der Waals surface area contributed by atoms with E-state index in [-0.39, 0.29) is 33.9 Å². The van der Waals surface area contributed by atoms with Gasteiger partial charge in [0.2, 0.25) is 0 Å². The molecule has 0 aromatic heterocycles. The number of hydrogen-bond donors (Lipinski definition) is 0. The van der Waals surface area contributed by atoms with Gasteiger partial charge < -0.3 is 14.6 Å². The van der Waals surface area contributed by atoms with E-state index in [1.807, 2.05) is 0 Å². The maximum absolute atomic E-state index is 2.86. The van der Waals surface area contributed by atoms with Crippen LogP contribution in [0.15, 0.2) is 224 Å². The van der Waals surface area contributed by atoms with E-state index in [9.17, 15) is 0 Å². The third-order valence-corrected chi connectivity index (χ3v) is 22.7. The van der Waals surface area contributed by atoms with Crippen LogP contribution in [0.25, 0.3) is 55.6 Å². The average molecular weight is 1190 g/mol. The molecular formula is C88H84BN3. The molecule has 0 spiro atoms. The summed E-state index contributed by atoms with van der Waals surface area (Å²) in [6, 6.07) is 86.8. The Bertz CT molecular complexity index is 4760. The first-order chi connectivity index (χ1) is 44.1. The van der Waals surface area contributed by atoms with Crippen LogP contribution >= 0.6 is 0 Å².